The quantitative estimate of drug-likeness (QED) is 0.838. The van der Waals surface area contributed by atoms with E-state index in [-0.39, 0.29) is 10.8 Å². The summed E-state index contributed by atoms with van der Waals surface area (Å²) in [7, 11) is 0. The smallest absolute Gasteiger partial charge is 0.417 e. The van der Waals surface area contributed by atoms with Crippen LogP contribution < -0.4 is 5.32 Å². The third-order valence-corrected chi connectivity index (χ3v) is 2.91. The van der Waals surface area contributed by atoms with Crippen LogP contribution in [0.1, 0.15) is 31.7 Å². The monoisotopic (exact) mass is 310 g/mol. The number of nitrogens with zero attached hydrogens (tertiary/aromatic N) is 1. The number of halogens is 4. The highest BCUT2D eigenvalue weighted by Crippen LogP contribution is 2.32. The molecule has 1 atom stereocenters. The summed E-state index contributed by atoms with van der Waals surface area (Å²) in [4.78, 5) is 14.6. The number of hydrogen-bond acceptors (Lipinski definition) is 3. The number of rotatable bonds is 6. The molecule has 1 unspecified atom stereocenters. The lowest BCUT2D eigenvalue weighted by Crippen LogP contribution is -2.29. The van der Waals surface area contributed by atoms with Crippen molar-refractivity contribution in [1.29, 1.82) is 0 Å². The van der Waals surface area contributed by atoms with Crippen molar-refractivity contribution in [3.05, 3.63) is 22.8 Å². The Labute approximate surface area is 119 Å². The van der Waals surface area contributed by atoms with Crippen LogP contribution >= 0.6 is 11.6 Å². The van der Waals surface area contributed by atoms with Crippen molar-refractivity contribution in [2.45, 2.75) is 38.4 Å². The van der Waals surface area contributed by atoms with E-state index in [9.17, 15) is 18.0 Å². The van der Waals surface area contributed by atoms with E-state index in [0.717, 1.165) is 12.5 Å². The van der Waals surface area contributed by atoms with Crippen molar-refractivity contribution >= 4 is 23.4 Å². The fourth-order valence-electron chi connectivity index (χ4n) is 1.53. The molecule has 0 amide bonds. The highest BCUT2D eigenvalue weighted by atomic mass is 35.5. The molecule has 0 fully saturated rings. The van der Waals surface area contributed by atoms with Crippen molar-refractivity contribution in [1.82, 2.24) is 4.98 Å². The first-order valence-corrected chi connectivity index (χ1v) is 6.35. The van der Waals surface area contributed by atoms with Gasteiger partial charge in [-0.2, -0.15) is 13.2 Å². The van der Waals surface area contributed by atoms with Crippen molar-refractivity contribution in [3.63, 3.8) is 0 Å². The zero-order valence-corrected chi connectivity index (χ0v) is 11.4. The Hall–Kier alpha value is -1.50. The maximum absolute atomic E-state index is 12.4. The summed E-state index contributed by atoms with van der Waals surface area (Å²) in [6.45, 7) is 1.91. The summed E-state index contributed by atoms with van der Waals surface area (Å²) >= 11 is 5.70. The van der Waals surface area contributed by atoms with Gasteiger partial charge in [-0.1, -0.05) is 31.4 Å². The lowest BCUT2D eigenvalue weighted by molar-refractivity contribution is -0.139. The lowest BCUT2D eigenvalue weighted by Gasteiger charge is -2.16. The van der Waals surface area contributed by atoms with Crippen molar-refractivity contribution in [2.24, 2.45) is 0 Å². The Bertz CT molecular complexity index is 480. The minimum absolute atomic E-state index is 0.0665. The van der Waals surface area contributed by atoms with Gasteiger partial charge in [0.25, 0.3) is 0 Å². The van der Waals surface area contributed by atoms with Gasteiger partial charge in [0.05, 0.1) is 10.6 Å². The summed E-state index contributed by atoms with van der Waals surface area (Å²) in [6, 6.07) is -0.216. The van der Waals surface area contributed by atoms with Crippen LogP contribution in [-0.2, 0) is 11.0 Å². The largest absolute Gasteiger partial charge is 0.480 e. The fraction of sp³-hybridized carbons (Fsp3) is 0.500. The van der Waals surface area contributed by atoms with E-state index in [1.807, 2.05) is 6.92 Å². The van der Waals surface area contributed by atoms with E-state index in [1.54, 1.807) is 0 Å². The molecule has 4 nitrogen and oxygen atoms in total. The molecule has 0 saturated carbocycles. The third-order valence-electron chi connectivity index (χ3n) is 2.62. The summed E-state index contributed by atoms with van der Waals surface area (Å²) in [6.07, 6.45) is -2.11. The van der Waals surface area contributed by atoms with Gasteiger partial charge in [0, 0.05) is 6.20 Å². The molecule has 0 bridgehead atoms. The molecule has 0 radical (unpaired) electrons. The molecule has 1 aromatic rings. The molecule has 0 saturated heterocycles. The topological polar surface area (TPSA) is 62.2 Å². The van der Waals surface area contributed by atoms with Crippen LogP contribution in [0, 0.1) is 0 Å². The first kappa shape index (κ1) is 16.6. The molecule has 0 aliphatic heterocycles. The minimum Gasteiger partial charge on any atom is -0.480 e. The molecule has 0 spiro atoms. The summed E-state index contributed by atoms with van der Waals surface area (Å²) in [5.74, 6) is -1.17. The Kier molecular flexibility index (Phi) is 5.62. The first-order chi connectivity index (χ1) is 9.25. The van der Waals surface area contributed by atoms with Crippen LogP contribution in [0.2, 0.25) is 5.02 Å². The maximum atomic E-state index is 12.4. The summed E-state index contributed by atoms with van der Waals surface area (Å²) < 4.78 is 37.3. The van der Waals surface area contributed by atoms with Crippen LogP contribution in [0.3, 0.4) is 0 Å². The average Bonchev–Trinajstić information content (AvgIpc) is 2.34. The van der Waals surface area contributed by atoms with Gasteiger partial charge in [0.15, 0.2) is 0 Å². The number of carbonyl (C=O) groups is 1. The maximum Gasteiger partial charge on any atom is 0.417 e. The van der Waals surface area contributed by atoms with Gasteiger partial charge in [0.2, 0.25) is 0 Å². The molecule has 1 heterocycles. The van der Waals surface area contributed by atoms with Crippen LogP contribution in [-0.4, -0.2) is 22.1 Å². The number of aliphatic carboxylic acids is 1. The van der Waals surface area contributed by atoms with Crippen molar-refractivity contribution in [3.8, 4) is 0 Å². The van der Waals surface area contributed by atoms with Crippen LogP contribution in [0.4, 0.5) is 19.0 Å². The Morgan fingerprint density at radius 3 is 2.65 bits per heavy atom. The zero-order chi connectivity index (χ0) is 15.3. The predicted octanol–water partition coefficient (Wildman–Crippen LogP) is 3.81. The molecule has 0 aliphatic rings. The van der Waals surface area contributed by atoms with Gasteiger partial charge in [-0.25, -0.2) is 9.78 Å². The van der Waals surface area contributed by atoms with Gasteiger partial charge in [-0.3, -0.25) is 0 Å². The second-order valence-electron chi connectivity index (χ2n) is 4.23. The number of carboxylic acid groups (broad SMARTS) is 1. The molecule has 112 valence electrons. The molecule has 8 heteroatoms. The highest BCUT2D eigenvalue weighted by Gasteiger charge is 2.32. The summed E-state index contributed by atoms with van der Waals surface area (Å²) in [5.41, 5.74) is -0.978. The Morgan fingerprint density at radius 2 is 2.20 bits per heavy atom. The van der Waals surface area contributed by atoms with Gasteiger partial charge < -0.3 is 10.4 Å². The molecule has 2 N–H and O–H groups in total. The number of carboxylic acids is 1. The van der Waals surface area contributed by atoms with E-state index in [2.05, 4.69) is 10.3 Å². The molecule has 1 rings (SSSR count). The van der Waals surface area contributed by atoms with E-state index in [4.69, 9.17) is 16.7 Å². The number of pyridine rings is 1. The van der Waals surface area contributed by atoms with E-state index in [0.29, 0.717) is 19.0 Å². The van der Waals surface area contributed by atoms with Gasteiger partial charge in [0.1, 0.15) is 11.9 Å². The molecule has 1 aromatic heterocycles. The van der Waals surface area contributed by atoms with Crippen molar-refractivity contribution < 1.29 is 23.1 Å². The second kappa shape index (κ2) is 6.78. The number of hydrogen-bond donors (Lipinski definition) is 2. The second-order valence-corrected chi connectivity index (χ2v) is 4.64. The fourth-order valence-corrected chi connectivity index (χ4v) is 1.75. The summed E-state index contributed by atoms with van der Waals surface area (Å²) in [5, 5.41) is 11.3. The number of aromatic nitrogens is 1. The SMILES string of the molecule is CCCCC(Nc1ncc(C(F)(F)F)cc1Cl)C(=O)O. The zero-order valence-electron chi connectivity index (χ0n) is 10.7. The molecule has 0 aromatic carbocycles. The van der Waals surface area contributed by atoms with Crippen molar-refractivity contribution in [2.75, 3.05) is 5.32 Å². The molecular weight excluding hydrogens is 297 g/mol. The number of nitrogens with one attached hydrogen (secondary N) is 1. The minimum atomic E-state index is -4.54. The molecule has 20 heavy (non-hydrogen) atoms. The number of anilines is 1. The standard InChI is InChI=1S/C12H14ClF3N2O2/c1-2-3-4-9(11(19)20)18-10-8(13)5-7(6-17-10)12(14,15)16/h5-6,9H,2-4H2,1H3,(H,17,18)(H,19,20). The Morgan fingerprint density at radius 1 is 1.55 bits per heavy atom. The Balaban J connectivity index is 2.88. The highest BCUT2D eigenvalue weighted by molar-refractivity contribution is 6.33. The van der Waals surface area contributed by atoms with Gasteiger partial charge in [-0.05, 0) is 12.5 Å². The van der Waals surface area contributed by atoms with Crippen LogP contribution in [0.5, 0.6) is 0 Å². The van der Waals surface area contributed by atoms with Gasteiger partial charge >= 0.3 is 12.1 Å². The normalized spacial score (nSPS) is 13.1. The van der Waals surface area contributed by atoms with Crippen LogP contribution in [0.15, 0.2) is 12.3 Å². The van der Waals surface area contributed by atoms with Gasteiger partial charge in [-0.15, -0.1) is 0 Å². The number of alkyl halides is 3. The van der Waals surface area contributed by atoms with Crippen LogP contribution in [0.25, 0.3) is 0 Å². The third kappa shape index (κ3) is 4.56. The van der Waals surface area contributed by atoms with E-state index in [1.165, 1.54) is 0 Å². The predicted molar refractivity (Wildman–Crippen MR) is 68.8 cm³/mol. The lowest BCUT2D eigenvalue weighted by atomic mass is 10.1. The first-order valence-electron chi connectivity index (χ1n) is 5.97. The van der Waals surface area contributed by atoms with E-state index >= 15 is 0 Å². The molecular formula is C12H14ClF3N2O2. The average molecular weight is 311 g/mol. The molecule has 0 aliphatic carbocycles. The number of unbranched alkanes of at least 4 members (excludes halogenated alkanes) is 1. The van der Waals surface area contributed by atoms with E-state index < -0.39 is 23.8 Å².